The summed E-state index contributed by atoms with van der Waals surface area (Å²) in [7, 11) is 0. The van der Waals surface area contributed by atoms with Gasteiger partial charge in [-0.15, -0.1) is 0 Å². The molecule has 0 saturated carbocycles. The molecule has 0 fully saturated rings. The molecule has 7 heteroatoms. The van der Waals surface area contributed by atoms with Crippen molar-refractivity contribution >= 4 is 28.1 Å². The van der Waals surface area contributed by atoms with Gasteiger partial charge in [-0.1, -0.05) is 17.7 Å². The average Bonchev–Trinajstić information content (AvgIpc) is 2.50. The molecule has 0 radical (unpaired) electrons. The van der Waals surface area contributed by atoms with Crippen molar-refractivity contribution in [3.05, 3.63) is 69.1 Å². The van der Waals surface area contributed by atoms with Gasteiger partial charge in [0.25, 0.3) is 5.56 Å². The van der Waals surface area contributed by atoms with Gasteiger partial charge in [0.1, 0.15) is 11.6 Å². The number of rotatable bonds is 0. The molecule has 1 aliphatic heterocycles. The Labute approximate surface area is 141 Å². The van der Waals surface area contributed by atoms with E-state index < -0.39 is 5.82 Å². The van der Waals surface area contributed by atoms with Crippen LogP contribution in [0.15, 0.2) is 41.2 Å². The first-order valence-corrected chi connectivity index (χ1v) is 7.70. The van der Waals surface area contributed by atoms with E-state index in [-0.39, 0.29) is 17.4 Å². The van der Waals surface area contributed by atoms with Crippen LogP contribution in [-0.4, -0.2) is 16.2 Å². The monoisotopic (exact) mass is 349 g/mol. The molecule has 0 spiro atoms. The molecule has 0 amide bonds. The van der Waals surface area contributed by atoms with Crippen molar-refractivity contribution in [3.63, 3.8) is 0 Å². The van der Waals surface area contributed by atoms with E-state index in [0.717, 1.165) is 17.5 Å². The van der Waals surface area contributed by atoms with Crippen molar-refractivity contribution < 1.29 is 8.78 Å². The lowest BCUT2D eigenvalue weighted by Crippen LogP contribution is -2.26. The third-order valence-electron chi connectivity index (χ3n) is 3.62. The fourth-order valence-corrected chi connectivity index (χ4v) is 2.84. The number of aromatic nitrogens is 2. The van der Waals surface area contributed by atoms with E-state index in [2.05, 4.69) is 15.5 Å². The molecule has 4 nitrogen and oxygen atoms in total. The summed E-state index contributed by atoms with van der Waals surface area (Å²) in [4.78, 5) is 11.5. The highest BCUT2D eigenvalue weighted by Crippen LogP contribution is 2.30. The summed E-state index contributed by atoms with van der Waals surface area (Å²) in [5, 5.41) is 11.1. The average molecular weight is 350 g/mol. The predicted molar refractivity (Wildman–Crippen MR) is 90.5 cm³/mol. The van der Waals surface area contributed by atoms with Crippen LogP contribution in [0.4, 0.5) is 14.5 Å². The van der Waals surface area contributed by atoms with Crippen LogP contribution in [0.2, 0.25) is 5.02 Å². The van der Waals surface area contributed by atoms with Crippen molar-refractivity contribution in [2.75, 3.05) is 5.32 Å². The first kappa shape index (κ1) is 16.4. The van der Waals surface area contributed by atoms with E-state index in [1.165, 1.54) is 24.3 Å². The molecule has 2 aromatic carbocycles. The van der Waals surface area contributed by atoms with Gasteiger partial charge in [0.05, 0.1) is 11.1 Å². The van der Waals surface area contributed by atoms with E-state index in [9.17, 15) is 13.6 Å². The molecule has 0 aliphatic carbocycles. The first-order valence-electron chi connectivity index (χ1n) is 7.32. The number of halogens is 3. The summed E-state index contributed by atoms with van der Waals surface area (Å²) in [6.45, 7) is 1.99. The smallest absolute Gasteiger partial charge is 0.272 e. The van der Waals surface area contributed by atoms with Crippen LogP contribution >= 0.6 is 11.6 Å². The zero-order valence-corrected chi connectivity index (χ0v) is 13.5. The van der Waals surface area contributed by atoms with Crippen LogP contribution < -0.4 is 10.9 Å². The Morgan fingerprint density at radius 2 is 2.00 bits per heavy atom. The van der Waals surface area contributed by atoms with Gasteiger partial charge in [-0.25, -0.2) is 13.9 Å². The molecule has 0 saturated heterocycles. The van der Waals surface area contributed by atoms with Crippen LogP contribution in [0.3, 0.4) is 0 Å². The van der Waals surface area contributed by atoms with E-state index in [1.54, 1.807) is 12.1 Å². The van der Waals surface area contributed by atoms with Crippen molar-refractivity contribution in [1.82, 2.24) is 10.2 Å². The Bertz CT molecular complexity index is 941. The second kappa shape index (κ2) is 6.57. The van der Waals surface area contributed by atoms with Crippen LogP contribution in [0.5, 0.6) is 0 Å². The molecule has 2 N–H and O–H groups in total. The number of hydrogen-bond donors (Lipinski definition) is 2. The minimum Gasteiger partial charge on any atom is -0.382 e. The Morgan fingerprint density at radius 3 is 2.67 bits per heavy atom. The number of hydrogen-bond acceptors (Lipinski definition) is 3. The third-order valence-corrected chi connectivity index (χ3v) is 3.85. The number of nitrogens with zero attached hydrogens (tertiary/aromatic N) is 1. The van der Waals surface area contributed by atoms with Gasteiger partial charge in [0.15, 0.2) is 0 Å². The van der Waals surface area contributed by atoms with Crippen LogP contribution in [-0.2, 0) is 6.42 Å². The summed E-state index contributed by atoms with van der Waals surface area (Å²) >= 11 is 5.40. The minimum atomic E-state index is -0.410. The van der Waals surface area contributed by atoms with Gasteiger partial charge in [-0.3, -0.25) is 4.79 Å². The molecule has 3 aromatic rings. The maximum Gasteiger partial charge on any atom is 0.272 e. The molecule has 0 bridgehead atoms. The SMILES string of the molecule is CC1Cc2n[nH]c(=O)c3cc(F)cc(c23)N1.Fc1cccc(Cl)c1. The second-order valence-corrected chi connectivity index (χ2v) is 6.00. The Morgan fingerprint density at radius 1 is 1.21 bits per heavy atom. The molecule has 124 valence electrons. The molecule has 1 aliphatic rings. The lowest BCUT2D eigenvalue weighted by molar-refractivity contribution is 0.627. The van der Waals surface area contributed by atoms with Crippen molar-refractivity contribution in [3.8, 4) is 0 Å². The summed E-state index contributed by atoms with van der Waals surface area (Å²) in [6, 6.07) is 8.66. The predicted octanol–water partition coefficient (Wildman–Crippen LogP) is 3.90. The molecule has 1 unspecified atom stereocenters. The van der Waals surface area contributed by atoms with Gasteiger partial charge in [-0.05, 0) is 37.3 Å². The fraction of sp³-hybridized carbons (Fsp3) is 0.176. The van der Waals surface area contributed by atoms with Crippen molar-refractivity contribution in [1.29, 1.82) is 0 Å². The number of aromatic amines is 1. The fourth-order valence-electron chi connectivity index (χ4n) is 2.66. The quantitative estimate of drug-likeness (QED) is 0.647. The maximum absolute atomic E-state index is 13.3. The Balaban J connectivity index is 0.000000179. The van der Waals surface area contributed by atoms with Crippen LogP contribution in [0.1, 0.15) is 12.6 Å². The van der Waals surface area contributed by atoms with E-state index in [0.29, 0.717) is 16.1 Å². The summed E-state index contributed by atoms with van der Waals surface area (Å²) < 4.78 is 25.4. The van der Waals surface area contributed by atoms with Gasteiger partial charge >= 0.3 is 0 Å². The van der Waals surface area contributed by atoms with Gasteiger partial charge in [0, 0.05) is 28.6 Å². The molecular weight excluding hydrogens is 336 g/mol. The topological polar surface area (TPSA) is 57.8 Å². The minimum absolute atomic E-state index is 0.191. The number of nitrogens with one attached hydrogen (secondary N) is 2. The lowest BCUT2D eigenvalue weighted by Gasteiger charge is -2.23. The Hall–Kier alpha value is -2.47. The van der Waals surface area contributed by atoms with Crippen LogP contribution in [0.25, 0.3) is 10.8 Å². The summed E-state index contributed by atoms with van der Waals surface area (Å²) in [6.07, 6.45) is 0.728. The Kier molecular flexibility index (Phi) is 4.49. The molecule has 4 rings (SSSR count). The van der Waals surface area contributed by atoms with Crippen LogP contribution in [0, 0.1) is 11.6 Å². The third kappa shape index (κ3) is 3.38. The standard InChI is InChI=1S/C11H10FN3O.C6H4ClF/c1-5-2-9-10-7(11(16)15-14-9)3-6(12)4-8(10)13-5;7-5-2-1-3-6(8)4-5/h3-5,13H,2H2,1H3,(H,15,16);1-4H. The van der Waals surface area contributed by atoms with Gasteiger partial charge in [-0.2, -0.15) is 5.10 Å². The second-order valence-electron chi connectivity index (χ2n) is 5.56. The highest BCUT2D eigenvalue weighted by atomic mass is 35.5. The van der Waals surface area contributed by atoms with E-state index >= 15 is 0 Å². The highest BCUT2D eigenvalue weighted by Gasteiger charge is 2.20. The number of H-pyrrole nitrogens is 1. The lowest BCUT2D eigenvalue weighted by atomic mass is 9.99. The number of benzene rings is 2. The molecule has 2 heterocycles. The number of anilines is 1. The molecule has 1 aromatic heterocycles. The van der Waals surface area contributed by atoms with E-state index in [4.69, 9.17) is 11.6 Å². The summed E-state index contributed by atoms with van der Waals surface area (Å²) in [5.41, 5.74) is 1.12. The molecule has 24 heavy (non-hydrogen) atoms. The maximum atomic E-state index is 13.3. The first-order chi connectivity index (χ1) is 11.4. The molecule has 1 atom stereocenters. The zero-order chi connectivity index (χ0) is 17.3. The zero-order valence-electron chi connectivity index (χ0n) is 12.7. The van der Waals surface area contributed by atoms with Crippen molar-refractivity contribution in [2.24, 2.45) is 0 Å². The summed E-state index contributed by atoms with van der Waals surface area (Å²) in [5.74, 6) is -0.704. The van der Waals surface area contributed by atoms with E-state index in [1.807, 2.05) is 6.92 Å². The van der Waals surface area contributed by atoms with Gasteiger partial charge in [0.2, 0.25) is 0 Å². The molecular formula is C17H14ClF2N3O. The van der Waals surface area contributed by atoms with Gasteiger partial charge < -0.3 is 5.32 Å². The normalized spacial score (nSPS) is 15.4. The largest absolute Gasteiger partial charge is 0.382 e. The highest BCUT2D eigenvalue weighted by molar-refractivity contribution is 6.30. The van der Waals surface area contributed by atoms with Crippen molar-refractivity contribution in [2.45, 2.75) is 19.4 Å².